The second-order valence-electron chi connectivity index (χ2n) is 7.60. The Bertz CT molecular complexity index is 723. The Balaban J connectivity index is 1.44. The van der Waals surface area contributed by atoms with Gasteiger partial charge in [-0.15, -0.1) is 0 Å². The van der Waals surface area contributed by atoms with Crippen molar-refractivity contribution in [3.8, 4) is 0 Å². The van der Waals surface area contributed by atoms with Crippen LogP contribution in [0, 0.1) is 0 Å². The summed E-state index contributed by atoms with van der Waals surface area (Å²) in [6.45, 7) is 9.42. The van der Waals surface area contributed by atoms with Gasteiger partial charge in [0.05, 0.1) is 25.8 Å². The molecule has 1 aromatic rings. The zero-order chi connectivity index (χ0) is 20.8. The van der Waals surface area contributed by atoms with Crippen molar-refractivity contribution in [2.24, 2.45) is 0 Å². The Morgan fingerprint density at radius 3 is 2.21 bits per heavy atom. The lowest BCUT2D eigenvalue weighted by Crippen LogP contribution is -2.55. The standard InChI is InChI=1S/C21H30N4O4/c1-16(21(28)22-19-5-3-18(4-6-19)17(2)26)24-7-9-25(10-8-24)20(27)15-23-11-13-29-14-12-23/h3-6,16H,7-15H2,1-2H3,(H,22,28). The van der Waals surface area contributed by atoms with Crippen LogP contribution in [-0.4, -0.2) is 97.4 Å². The predicted octanol–water partition coefficient (Wildman–Crippen LogP) is 0.693. The quantitative estimate of drug-likeness (QED) is 0.705. The highest BCUT2D eigenvalue weighted by molar-refractivity contribution is 5.97. The highest BCUT2D eigenvalue weighted by Crippen LogP contribution is 2.13. The molecule has 29 heavy (non-hydrogen) atoms. The number of Topliss-reactive ketones (excluding diaryl/α,β-unsaturated/α-hetero) is 1. The SMILES string of the molecule is CC(=O)c1ccc(NC(=O)C(C)N2CCN(C(=O)CN3CCOCC3)CC2)cc1. The second-order valence-corrected chi connectivity index (χ2v) is 7.60. The minimum absolute atomic E-state index is 0.00252. The molecule has 1 N–H and O–H groups in total. The molecule has 1 aromatic carbocycles. The molecule has 0 saturated carbocycles. The lowest BCUT2D eigenvalue weighted by molar-refractivity contribution is -0.135. The highest BCUT2D eigenvalue weighted by Gasteiger charge is 2.28. The number of piperazine rings is 1. The van der Waals surface area contributed by atoms with E-state index in [1.807, 2.05) is 11.8 Å². The van der Waals surface area contributed by atoms with Crippen LogP contribution in [0.2, 0.25) is 0 Å². The van der Waals surface area contributed by atoms with Crippen molar-refractivity contribution in [2.45, 2.75) is 19.9 Å². The molecule has 8 heteroatoms. The van der Waals surface area contributed by atoms with Crippen molar-refractivity contribution < 1.29 is 19.1 Å². The first-order valence-corrected chi connectivity index (χ1v) is 10.2. The summed E-state index contributed by atoms with van der Waals surface area (Å²) < 4.78 is 5.32. The van der Waals surface area contributed by atoms with Crippen LogP contribution in [0.15, 0.2) is 24.3 Å². The van der Waals surface area contributed by atoms with Crippen molar-refractivity contribution in [3.63, 3.8) is 0 Å². The minimum Gasteiger partial charge on any atom is -0.379 e. The molecule has 2 heterocycles. The number of nitrogens with one attached hydrogen (secondary N) is 1. The number of hydrogen-bond acceptors (Lipinski definition) is 6. The number of anilines is 1. The molecule has 3 rings (SSSR count). The topological polar surface area (TPSA) is 82.2 Å². The van der Waals surface area contributed by atoms with E-state index in [1.165, 1.54) is 6.92 Å². The van der Waals surface area contributed by atoms with Gasteiger partial charge in [-0.1, -0.05) is 0 Å². The summed E-state index contributed by atoms with van der Waals surface area (Å²) in [5.74, 6) is 0.0557. The Kier molecular flexibility index (Phi) is 7.35. The Morgan fingerprint density at radius 1 is 1.00 bits per heavy atom. The average molecular weight is 402 g/mol. The zero-order valence-corrected chi connectivity index (χ0v) is 17.2. The molecule has 2 aliphatic heterocycles. The lowest BCUT2D eigenvalue weighted by atomic mass is 10.1. The molecule has 1 atom stereocenters. The van der Waals surface area contributed by atoms with Crippen molar-refractivity contribution in [1.29, 1.82) is 0 Å². The van der Waals surface area contributed by atoms with Crippen LogP contribution < -0.4 is 5.32 Å². The van der Waals surface area contributed by atoms with Crippen LogP contribution in [0.25, 0.3) is 0 Å². The first-order valence-electron chi connectivity index (χ1n) is 10.2. The van der Waals surface area contributed by atoms with Gasteiger partial charge in [-0.3, -0.25) is 24.2 Å². The molecule has 0 bridgehead atoms. The summed E-state index contributed by atoms with van der Waals surface area (Å²) >= 11 is 0. The summed E-state index contributed by atoms with van der Waals surface area (Å²) in [5.41, 5.74) is 1.29. The van der Waals surface area contributed by atoms with Gasteiger partial charge >= 0.3 is 0 Å². The van der Waals surface area contributed by atoms with E-state index >= 15 is 0 Å². The fourth-order valence-electron chi connectivity index (χ4n) is 3.61. The van der Waals surface area contributed by atoms with Crippen LogP contribution in [0.4, 0.5) is 5.69 Å². The number of ketones is 1. The first-order chi connectivity index (χ1) is 13.9. The number of morpholine rings is 1. The summed E-state index contributed by atoms with van der Waals surface area (Å²) in [6.07, 6.45) is 0. The maximum absolute atomic E-state index is 12.6. The van der Waals surface area contributed by atoms with Gasteiger partial charge in [-0.05, 0) is 38.1 Å². The molecule has 2 amide bonds. The van der Waals surface area contributed by atoms with E-state index in [1.54, 1.807) is 24.3 Å². The Morgan fingerprint density at radius 2 is 1.62 bits per heavy atom. The van der Waals surface area contributed by atoms with Gasteiger partial charge in [0.25, 0.3) is 0 Å². The van der Waals surface area contributed by atoms with Crippen LogP contribution in [0.5, 0.6) is 0 Å². The van der Waals surface area contributed by atoms with Crippen molar-refractivity contribution in [2.75, 3.05) is 64.3 Å². The molecule has 158 valence electrons. The van der Waals surface area contributed by atoms with Gasteiger partial charge in [0, 0.05) is 50.5 Å². The lowest BCUT2D eigenvalue weighted by Gasteiger charge is -2.38. The predicted molar refractivity (Wildman–Crippen MR) is 110 cm³/mol. The molecule has 1 unspecified atom stereocenters. The molecule has 8 nitrogen and oxygen atoms in total. The minimum atomic E-state index is -0.293. The molecule has 2 saturated heterocycles. The number of nitrogens with zero attached hydrogens (tertiary/aromatic N) is 3. The maximum Gasteiger partial charge on any atom is 0.241 e. The van der Waals surface area contributed by atoms with Crippen LogP contribution in [-0.2, 0) is 14.3 Å². The largest absolute Gasteiger partial charge is 0.379 e. The normalized spacial score (nSPS) is 19.6. The van der Waals surface area contributed by atoms with Crippen LogP contribution in [0.3, 0.4) is 0 Å². The van der Waals surface area contributed by atoms with E-state index in [0.29, 0.717) is 57.2 Å². The van der Waals surface area contributed by atoms with Crippen LogP contribution >= 0.6 is 0 Å². The Labute approximate surface area is 171 Å². The van der Waals surface area contributed by atoms with Gasteiger partial charge in [0.2, 0.25) is 11.8 Å². The van der Waals surface area contributed by atoms with Crippen LogP contribution in [0.1, 0.15) is 24.2 Å². The third kappa shape index (κ3) is 5.85. The maximum atomic E-state index is 12.6. The third-order valence-corrected chi connectivity index (χ3v) is 5.62. The number of amides is 2. The van der Waals surface area contributed by atoms with E-state index in [2.05, 4.69) is 15.1 Å². The van der Waals surface area contributed by atoms with Gasteiger partial charge in [0.15, 0.2) is 5.78 Å². The van der Waals surface area contributed by atoms with Gasteiger partial charge in [-0.2, -0.15) is 0 Å². The number of benzene rings is 1. The first kappa shape index (κ1) is 21.4. The zero-order valence-electron chi connectivity index (χ0n) is 17.2. The van der Waals surface area contributed by atoms with E-state index in [4.69, 9.17) is 4.74 Å². The van der Waals surface area contributed by atoms with Gasteiger partial charge < -0.3 is 15.0 Å². The molecule has 0 radical (unpaired) electrons. The van der Waals surface area contributed by atoms with Crippen molar-refractivity contribution in [1.82, 2.24) is 14.7 Å². The second kappa shape index (κ2) is 9.96. The number of rotatable bonds is 6. The molecular weight excluding hydrogens is 372 g/mol. The number of hydrogen-bond donors (Lipinski definition) is 1. The van der Waals surface area contributed by atoms with Gasteiger partial charge in [0.1, 0.15) is 0 Å². The molecule has 0 spiro atoms. The van der Waals surface area contributed by atoms with Gasteiger partial charge in [-0.25, -0.2) is 0 Å². The number of carbonyl (C=O) groups excluding carboxylic acids is 3. The Hall–Kier alpha value is -2.29. The molecular formula is C21H30N4O4. The van der Waals surface area contributed by atoms with Crippen molar-refractivity contribution >= 4 is 23.3 Å². The third-order valence-electron chi connectivity index (χ3n) is 5.62. The van der Waals surface area contributed by atoms with E-state index in [-0.39, 0.29) is 23.6 Å². The van der Waals surface area contributed by atoms with Crippen molar-refractivity contribution in [3.05, 3.63) is 29.8 Å². The van der Waals surface area contributed by atoms with E-state index in [9.17, 15) is 14.4 Å². The molecule has 2 fully saturated rings. The molecule has 0 aliphatic carbocycles. The summed E-state index contributed by atoms with van der Waals surface area (Å²) in [4.78, 5) is 42.6. The van der Waals surface area contributed by atoms with E-state index < -0.39 is 0 Å². The van der Waals surface area contributed by atoms with E-state index in [0.717, 1.165) is 13.1 Å². The summed E-state index contributed by atoms with van der Waals surface area (Å²) in [7, 11) is 0. The summed E-state index contributed by atoms with van der Waals surface area (Å²) in [6, 6.07) is 6.61. The fourth-order valence-corrected chi connectivity index (χ4v) is 3.61. The monoisotopic (exact) mass is 402 g/mol. The molecule has 2 aliphatic rings. The molecule has 0 aromatic heterocycles. The number of carbonyl (C=O) groups is 3. The fraction of sp³-hybridized carbons (Fsp3) is 0.571. The average Bonchev–Trinajstić information content (AvgIpc) is 2.74. The highest BCUT2D eigenvalue weighted by atomic mass is 16.5. The number of ether oxygens (including phenoxy) is 1. The smallest absolute Gasteiger partial charge is 0.241 e. The summed E-state index contributed by atoms with van der Waals surface area (Å²) in [5, 5.41) is 2.90.